The van der Waals surface area contributed by atoms with E-state index in [-0.39, 0.29) is 24.0 Å². The number of fused-ring (bicyclic) bond motifs is 1. The van der Waals surface area contributed by atoms with Crippen LogP contribution in [0.2, 0.25) is 0 Å². The molecular formula is C21H31IN4OS. The molecule has 1 aromatic carbocycles. The molecule has 0 unspecified atom stereocenters. The van der Waals surface area contributed by atoms with E-state index in [9.17, 15) is 0 Å². The molecule has 2 N–H and O–H groups in total. The molecule has 0 amide bonds. The van der Waals surface area contributed by atoms with Crippen molar-refractivity contribution >= 4 is 41.3 Å². The molecule has 5 nitrogen and oxygen atoms in total. The fourth-order valence-corrected chi connectivity index (χ4v) is 3.92. The smallest absolute Gasteiger partial charge is 0.191 e. The van der Waals surface area contributed by atoms with E-state index >= 15 is 0 Å². The summed E-state index contributed by atoms with van der Waals surface area (Å²) in [5, 5.41) is 10.1. The zero-order valence-electron chi connectivity index (χ0n) is 17.0. The van der Waals surface area contributed by atoms with Gasteiger partial charge in [-0.1, -0.05) is 26.0 Å². The Morgan fingerprint density at radius 2 is 2.14 bits per heavy atom. The van der Waals surface area contributed by atoms with Crippen LogP contribution in [0.3, 0.4) is 0 Å². The summed E-state index contributed by atoms with van der Waals surface area (Å²) in [5.41, 5.74) is 3.81. The first kappa shape index (κ1) is 22.9. The second-order valence-electron chi connectivity index (χ2n) is 7.06. The number of rotatable bonds is 8. The molecule has 7 heteroatoms. The Hall–Kier alpha value is -1.35. The molecule has 0 fully saturated rings. The molecule has 0 radical (unpaired) electrons. The summed E-state index contributed by atoms with van der Waals surface area (Å²) in [4.78, 5) is 9.37. The van der Waals surface area contributed by atoms with Crippen LogP contribution in [0.1, 0.15) is 48.5 Å². The van der Waals surface area contributed by atoms with Gasteiger partial charge in [0.25, 0.3) is 0 Å². The average Bonchev–Trinajstić information content (AvgIpc) is 3.30. The van der Waals surface area contributed by atoms with E-state index in [2.05, 4.69) is 60.0 Å². The molecule has 0 saturated heterocycles. The molecule has 0 atom stereocenters. The third kappa shape index (κ3) is 6.62. The van der Waals surface area contributed by atoms with Crippen LogP contribution in [0, 0.1) is 0 Å². The molecule has 2 heterocycles. The summed E-state index contributed by atoms with van der Waals surface area (Å²) in [6.45, 7) is 9.73. The fourth-order valence-electron chi connectivity index (χ4n) is 3.05. The van der Waals surface area contributed by atoms with E-state index < -0.39 is 0 Å². The molecule has 1 aromatic heterocycles. The minimum Gasteiger partial charge on any atom is -0.493 e. The van der Waals surface area contributed by atoms with Crippen molar-refractivity contribution in [3.8, 4) is 5.75 Å². The molecular weight excluding hydrogens is 483 g/mol. The summed E-state index contributed by atoms with van der Waals surface area (Å²) in [6.07, 6.45) is 2.88. The van der Waals surface area contributed by atoms with Gasteiger partial charge in [-0.15, -0.1) is 35.3 Å². The van der Waals surface area contributed by atoms with E-state index in [4.69, 9.17) is 9.73 Å². The molecule has 1 aliphatic heterocycles. The summed E-state index contributed by atoms with van der Waals surface area (Å²) in [6, 6.07) is 6.52. The minimum atomic E-state index is 0. The maximum Gasteiger partial charge on any atom is 0.191 e. The highest BCUT2D eigenvalue weighted by molar-refractivity contribution is 14.0. The Kier molecular flexibility index (Phi) is 9.50. The zero-order valence-corrected chi connectivity index (χ0v) is 20.1. The van der Waals surface area contributed by atoms with Crippen molar-refractivity contribution in [2.24, 2.45) is 4.99 Å². The van der Waals surface area contributed by atoms with Gasteiger partial charge in [0.05, 0.1) is 17.3 Å². The van der Waals surface area contributed by atoms with Crippen molar-refractivity contribution in [1.29, 1.82) is 0 Å². The van der Waals surface area contributed by atoms with Gasteiger partial charge in [-0.3, -0.25) is 4.99 Å². The first-order valence-electron chi connectivity index (χ1n) is 9.86. The topological polar surface area (TPSA) is 58.5 Å². The van der Waals surface area contributed by atoms with Crippen LogP contribution in [-0.2, 0) is 19.3 Å². The predicted octanol–water partition coefficient (Wildman–Crippen LogP) is 4.16. The summed E-state index contributed by atoms with van der Waals surface area (Å²) < 4.78 is 5.57. The lowest BCUT2D eigenvalue weighted by Gasteiger charge is -2.11. The number of ether oxygens (including phenoxy) is 1. The maximum absolute atomic E-state index is 5.57. The predicted molar refractivity (Wildman–Crippen MR) is 129 cm³/mol. The van der Waals surface area contributed by atoms with E-state index in [0.29, 0.717) is 5.92 Å². The van der Waals surface area contributed by atoms with Gasteiger partial charge < -0.3 is 15.4 Å². The van der Waals surface area contributed by atoms with Crippen LogP contribution in [0.5, 0.6) is 5.75 Å². The van der Waals surface area contributed by atoms with Crippen molar-refractivity contribution < 1.29 is 4.74 Å². The van der Waals surface area contributed by atoms with E-state index in [1.54, 1.807) is 11.3 Å². The molecule has 0 spiro atoms. The molecule has 0 saturated carbocycles. The van der Waals surface area contributed by atoms with Gasteiger partial charge in [-0.05, 0) is 30.5 Å². The molecule has 3 rings (SSSR count). The third-order valence-electron chi connectivity index (χ3n) is 4.51. The second-order valence-corrected chi connectivity index (χ2v) is 7.95. The van der Waals surface area contributed by atoms with Crippen LogP contribution in [0.25, 0.3) is 0 Å². The Balaban J connectivity index is 0.00000280. The van der Waals surface area contributed by atoms with Crippen LogP contribution in [0.4, 0.5) is 0 Å². The van der Waals surface area contributed by atoms with Crippen molar-refractivity contribution in [3.05, 3.63) is 45.4 Å². The van der Waals surface area contributed by atoms with Crippen molar-refractivity contribution in [3.63, 3.8) is 0 Å². The normalized spacial score (nSPS) is 13.1. The lowest BCUT2D eigenvalue weighted by atomic mass is 10.1. The van der Waals surface area contributed by atoms with E-state index in [1.165, 1.54) is 16.1 Å². The van der Waals surface area contributed by atoms with Gasteiger partial charge in [0, 0.05) is 43.8 Å². The number of benzene rings is 1. The molecule has 2 aromatic rings. The summed E-state index contributed by atoms with van der Waals surface area (Å²) in [7, 11) is 0. The van der Waals surface area contributed by atoms with Crippen LogP contribution < -0.4 is 15.4 Å². The molecule has 1 aliphatic rings. The fraction of sp³-hybridized carbons (Fsp3) is 0.524. The monoisotopic (exact) mass is 514 g/mol. The van der Waals surface area contributed by atoms with Crippen LogP contribution >= 0.6 is 35.3 Å². The van der Waals surface area contributed by atoms with Gasteiger partial charge in [0.2, 0.25) is 0 Å². The maximum atomic E-state index is 5.57. The van der Waals surface area contributed by atoms with E-state index in [1.807, 2.05) is 0 Å². The SMILES string of the molecule is CCNC(=NCCc1csc(C(C)C)n1)NCCc1ccc2c(c1)CCO2.I. The Bertz CT molecular complexity index is 776. The number of halogens is 1. The van der Waals surface area contributed by atoms with Gasteiger partial charge in [0.1, 0.15) is 5.75 Å². The van der Waals surface area contributed by atoms with Gasteiger partial charge in [-0.25, -0.2) is 4.98 Å². The summed E-state index contributed by atoms with van der Waals surface area (Å²) >= 11 is 1.75. The number of nitrogens with one attached hydrogen (secondary N) is 2. The number of hydrogen-bond acceptors (Lipinski definition) is 4. The van der Waals surface area contributed by atoms with Crippen molar-refractivity contribution in [2.75, 3.05) is 26.2 Å². The lowest BCUT2D eigenvalue weighted by Crippen LogP contribution is -2.38. The highest BCUT2D eigenvalue weighted by Gasteiger charge is 2.11. The molecule has 0 bridgehead atoms. The largest absolute Gasteiger partial charge is 0.493 e. The van der Waals surface area contributed by atoms with Crippen LogP contribution in [0.15, 0.2) is 28.6 Å². The zero-order chi connectivity index (χ0) is 19.1. The average molecular weight is 514 g/mol. The Labute approximate surface area is 189 Å². The Morgan fingerprint density at radius 1 is 1.29 bits per heavy atom. The standard InChI is InChI=1S/C21H30N4OS.HI/c1-4-22-21(24-11-8-18-14-27-20(25-18)15(2)3)23-10-7-16-5-6-19-17(13-16)9-12-26-19;/h5-6,13-15H,4,7-12H2,1-3H3,(H2,22,23,24);1H. The Morgan fingerprint density at radius 3 is 2.89 bits per heavy atom. The first-order valence-corrected chi connectivity index (χ1v) is 10.7. The first-order chi connectivity index (χ1) is 13.2. The molecule has 28 heavy (non-hydrogen) atoms. The van der Waals surface area contributed by atoms with Crippen molar-refractivity contribution in [2.45, 2.75) is 46.0 Å². The number of aromatic nitrogens is 1. The highest BCUT2D eigenvalue weighted by atomic mass is 127. The highest BCUT2D eigenvalue weighted by Crippen LogP contribution is 2.25. The number of guanidine groups is 1. The second kappa shape index (κ2) is 11.6. The summed E-state index contributed by atoms with van der Waals surface area (Å²) in [5.74, 6) is 2.42. The molecule has 154 valence electrons. The van der Waals surface area contributed by atoms with Crippen molar-refractivity contribution in [1.82, 2.24) is 15.6 Å². The number of nitrogens with zero attached hydrogens (tertiary/aromatic N) is 2. The van der Waals surface area contributed by atoms with Gasteiger partial charge >= 0.3 is 0 Å². The number of hydrogen-bond donors (Lipinski definition) is 2. The third-order valence-corrected chi connectivity index (χ3v) is 5.70. The van der Waals surface area contributed by atoms with Gasteiger partial charge in [-0.2, -0.15) is 0 Å². The van der Waals surface area contributed by atoms with Gasteiger partial charge in [0.15, 0.2) is 5.96 Å². The minimum absolute atomic E-state index is 0. The quantitative estimate of drug-likeness (QED) is 0.316. The number of aliphatic imine (C=N–C) groups is 1. The molecule has 0 aliphatic carbocycles. The lowest BCUT2D eigenvalue weighted by molar-refractivity contribution is 0.357. The number of thiazole rings is 1. The van der Waals surface area contributed by atoms with Crippen LogP contribution in [-0.4, -0.2) is 37.2 Å². The van der Waals surface area contributed by atoms with E-state index in [0.717, 1.165) is 62.9 Å².